The van der Waals surface area contributed by atoms with Gasteiger partial charge in [-0.2, -0.15) is 0 Å². The minimum absolute atomic E-state index is 0.0205. The standard InChI is InChI=1S/C22H24N4OS/c1-2-15-26-20(14-13-18-9-5-3-6-10-18)24-25-22(26)28-17-21(27)23-16-19-11-7-4-8-12-19/h2-12H,1,13-17H2,(H,23,27). The highest BCUT2D eigenvalue weighted by molar-refractivity contribution is 7.99. The average Bonchev–Trinajstić information content (AvgIpc) is 3.12. The Hall–Kier alpha value is -2.86. The van der Waals surface area contributed by atoms with Crippen molar-refractivity contribution < 1.29 is 4.79 Å². The third-order valence-electron chi connectivity index (χ3n) is 4.25. The number of nitrogens with one attached hydrogen (secondary N) is 1. The Morgan fingerprint density at radius 2 is 1.68 bits per heavy atom. The number of hydrogen-bond acceptors (Lipinski definition) is 4. The highest BCUT2D eigenvalue weighted by atomic mass is 32.2. The van der Waals surface area contributed by atoms with Crippen LogP contribution in [0.1, 0.15) is 17.0 Å². The maximum atomic E-state index is 12.2. The lowest BCUT2D eigenvalue weighted by Crippen LogP contribution is -2.24. The molecule has 0 bridgehead atoms. The van der Waals surface area contributed by atoms with Crippen LogP contribution in [0.5, 0.6) is 0 Å². The SMILES string of the molecule is C=CCn1c(CCc2ccccc2)nnc1SCC(=O)NCc1ccccc1. The van der Waals surface area contributed by atoms with E-state index in [0.717, 1.165) is 29.4 Å². The van der Waals surface area contributed by atoms with Gasteiger partial charge in [0.2, 0.25) is 5.91 Å². The maximum absolute atomic E-state index is 12.2. The Bertz CT molecular complexity index is 893. The summed E-state index contributed by atoms with van der Waals surface area (Å²) in [6, 6.07) is 20.2. The summed E-state index contributed by atoms with van der Waals surface area (Å²) in [5.74, 6) is 1.20. The lowest BCUT2D eigenvalue weighted by atomic mass is 10.1. The summed E-state index contributed by atoms with van der Waals surface area (Å²) in [6.07, 6.45) is 3.53. The Labute approximate surface area is 169 Å². The fraction of sp³-hybridized carbons (Fsp3) is 0.227. The van der Waals surface area contributed by atoms with Crippen LogP contribution in [0.4, 0.5) is 0 Å². The second kappa shape index (κ2) is 10.5. The summed E-state index contributed by atoms with van der Waals surface area (Å²) < 4.78 is 2.03. The largest absolute Gasteiger partial charge is 0.351 e. The van der Waals surface area contributed by atoms with Gasteiger partial charge in [-0.1, -0.05) is 78.5 Å². The summed E-state index contributed by atoms with van der Waals surface area (Å²) in [5, 5.41) is 12.3. The number of aryl methyl sites for hydroxylation is 2. The van der Waals surface area contributed by atoms with Crippen molar-refractivity contribution in [1.29, 1.82) is 0 Å². The zero-order valence-corrected chi connectivity index (χ0v) is 16.6. The molecule has 5 nitrogen and oxygen atoms in total. The monoisotopic (exact) mass is 392 g/mol. The Kier molecular flexibility index (Phi) is 7.44. The lowest BCUT2D eigenvalue weighted by molar-refractivity contribution is -0.118. The van der Waals surface area contributed by atoms with Gasteiger partial charge in [0, 0.05) is 19.5 Å². The first-order valence-electron chi connectivity index (χ1n) is 9.26. The molecule has 0 saturated heterocycles. The number of carbonyl (C=O) groups is 1. The normalized spacial score (nSPS) is 10.6. The Morgan fingerprint density at radius 3 is 2.36 bits per heavy atom. The van der Waals surface area contributed by atoms with Crippen molar-refractivity contribution in [1.82, 2.24) is 20.1 Å². The van der Waals surface area contributed by atoms with Crippen molar-refractivity contribution in [2.45, 2.75) is 31.1 Å². The molecule has 0 atom stereocenters. The van der Waals surface area contributed by atoms with Crippen LogP contribution < -0.4 is 5.32 Å². The number of nitrogens with zero attached hydrogens (tertiary/aromatic N) is 3. The molecule has 0 aliphatic carbocycles. The molecule has 0 fully saturated rings. The molecule has 6 heteroatoms. The molecule has 0 unspecified atom stereocenters. The van der Waals surface area contributed by atoms with E-state index in [0.29, 0.717) is 18.8 Å². The molecule has 1 amide bonds. The Morgan fingerprint density at radius 1 is 1.00 bits per heavy atom. The Balaban J connectivity index is 1.54. The van der Waals surface area contributed by atoms with Crippen LogP contribution in [0.3, 0.4) is 0 Å². The van der Waals surface area contributed by atoms with Crippen LogP contribution in [0.25, 0.3) is 0 Å². The fourth-order valence-electron chi connectivity index (χ4n) is 2.80. The van der Waals surface area contributed by atoms with Crippen LogP contribution in [0, 0.1) is 0 Å². The smallest absolute Gasteiger partial charge is 0.230 e. The number of allylic oxidation sites excluding steroid dienone is 1. The van der Waals surface area contributed by atoms with Gasteiger partial charge in [0.05, 0.1) is 5.75 Å². The number of amides is 1. The van der Waals surface area contributed by atoms with Gasteiger partial charge in [-0.05, 0) is 17.5 Å². The number of thioether (sulfide) groups is 1. The number of hydrogen-bond donors (Lipinski definition) is 1. The molecule has 28 heavy (non-hydrogen) atoms. The van der Waals surface area contributed by atoms with Gasteiger partial charge < -0.3 is 9.88 Å². The number of carbonyl (C=O) groups excluding carboxylic acids is 1. The second-order valence-corrected chi connectivity index (χ2v) is 7.28. The summed E-state index contributed by atoms with van der Waals surface area (Å²) >= 11 is 1.40. The lowest BCUT2D eigenvalue weighted by Gasteiger charge is -2.08. The van der Waals surface area contributed by atoms with E-state index < -0.39 is 0 Å². The third-order valence-corrected chi connectivity index (χ3v) is 5.22. The average molecular weight is 393 g/mol. The van der Waals surface area contributed by atoms with Crippen molar-refractivity contribution >= 4 is 17.7 Å². The van der Waals surface area contributed by atoms with Crippen molar-refractivity contribution in [3.63, 3.8) is 0 Å². The van der Waals surface area contributed by atoms with Gasteiger partial charge in [0.1, 0.15) is 5.82 Å². The number of aromatic nitrogens is 3. The summed E-state index contributed by atoms with van der Waals surface area (Å²) in [4.78, 5) is 12.2. The van der Waals surface area contributed by atoms with Crippen molar-refractivity contribution in [3.8, 4) is 0 Å². The van der Waals surface area contributed by atoms with Gasteiger partial charge in [-0.25, -0.2) is 0 Å². The van der Waals surface area contributed by atoms with E-state index in [4.69, 9.17) is 0 Å². The molecule has 0 aliphatic heterocycles. The van der Waals surface area contributed by atoms with E-state index in [-0.39, 0.29) is 5.91 Å². The third kappa shape index (κ3) is 5.82. The van der Waals surface area contributed by atoms with Gasteiger partial charge in [0.25, 0.3) is 0 Å². The maximum Gasteiger partial charge on any atom is 0.230 e. The number of rotatable bonds is 10. The summed E-state index contributed by atoms with van der Waals surface area (Å²) in [5.41, 5.74) is 2.35. The van der Waals surface area contributed by atoms with Gasteiger partial charge in [0.15, 0.2) is 5.16 Å². The van der Waals surface area contributed by atoms with E-state index in [1.54, 1.807) is 0 Å². The van der Waals surface area contributed by atoms with Crippen LogP contribution >= 0.6 is 11.8 Å². The highest BCUT2D eigenvalue weighted by Crippen LogP contribution is 2.18. The first kappa shape index (κ1) is 19.9. The van der Waals surface area contributed by atoms with E-state index in [1.807, 2.05) is 59.2 Å². The molecule has 0 aliphatic rings. The van der Waals surface area contributed by atoms with Crippen LogP contribution in [0.15, 0.2) is 78.5 Å². The van der Waals surface area contributed by atoms with E-state index in [2.05, 4.69) is 34.2 Å². The number of benzene rings is 2. The van der Waals surface area contributed by atoms with Gasteiger partial charge >= 0.3 is 0 Å². The van der Waals surface area contributed by atoms with Gasteiger partial charge in [-0.3, -0.25) is 4.79 Å². The molecule has 3 rings (SSSR count). The van der Waals surface area contributed by atoms with Gasteiger partial charge in [-0.15, -0.1) is 16.8 Å². The molecule has 3 aromatic rings. The van der Waals surface area contributed by atoms with Crippen molar-refractivity contribution in [3.05, 3.63) is 90.3 Å². The first-order chi connectivity index (χ1) is 13.8. The second-order valence-electron chi connectivity index (χ2n) is 6.33. The molecule has 2 aromatic carbocycles. The minimum atomic E-state index is -0.0205. The first-order valence-corrected chi connectivity index (χ1v) is 10.2. The van der Waals surface area contributed by atoms with Crippen LogP contribution in [0.2, 0.25) is 0 Å². The summed E-state index contributed by atoms with van der Waals surface area (Å²) in [7, 11) is 0. The molecule has 1 heterocycles. The predicted molar refractivity (Wildman–Crippen MR) is 113 cm³/mol. The zero-order valence-electron chi connectivity index (χ0n) is 15.8. The quantitative estimate of drug-likeness (QED) is 0.423. The molecular formula is C22H24N4OS. The molecular weight excluding hydrogens is 368 g/mol. The summed E-state index contributed by atoms with van der Waals surface area (Å²) in [6.45, 7) is 4.99. The van der Waals surface area contributed by atoms with Crippen LogP contribution in [-0.2, 0) is 30.7 Å². The topological polar surface area (TPSA) is 59.8 Å². The van der Waals surface area contributed by atoms with Crippen LogP contribution in [-0.4, -0.2) is 26.4 Å². The molecule has 0 spiro atoms. The minimum Gasteiger partial charge on any atom is -0.351 e. The fourth-order valence-corrected chi connectivity index (χ4v) is 3.60. The van der Waals surface area contributed by atoms with E-state index in [1.165, 1.54) is 17.3 Å². The molecule has 1 aromatic heterocycles. The van der Waals surface area contributed by atoms with E-state index >= 15 is 0 Å². The molecule has 0 saturated carbocycles. The van der Waals surface area contributed by atoms with E-state index in [9.17, 15) is 4.79 Å². The zero-order chi connectivity index (χ0) is 19.6. The van der Waals surface area contributed by atoms with Crippen molar-refractivity contribution in [2.75, 3.05) is 5.75 Å². The van der Waals surface area contributed by atoms with Crippen molar-refractivity contribution in [2.24, 2.45) is 0 Å². The predicted octanol–water partition coefficient (Wildman–Crippen LogP) is 3.66. The molecule has 144 valence electrons. The molecule has 1 N–H and O–H groups in total. The molecule has 0 radical (unpaired) electrons. The highest BCUT2D eigenvalue weighted by Gasteiger charge is 2.13.